The summed E-state index contributed by atoms with van der Waals surface area (Å²) in [6, 6.07) is 43.5. The van der Waals surface area contributed by atoms with Gasteiger partial charge in [0.25, 0.3) is 0 Å². The molecule has 4 aromatic heterocycles. The van der Waals surface area contributed by atoms with Crippen molar-refractivity contribution in [1.29, 1.82) is 0 Å². The number of nitrogens with zero attached hydrogens (tertiary/aromatic N) is 4. The summed E-state index contributed by atoms with van der Waals surface area (Å²) in [6.07, 6.45) is 5.69. The molecule has 0 amide bonds. The molecule has 9 aromatic rings. The van der Waals surface area contributed by atoms with Gasteiger partial charge in [0.1, 0.15) is 13.7 Å². The average Bonchev–Trinajstić information content (AvgIpc) is 3.72. The SMILES string of the molecule is C[Si]1(C)c2ccccc2Sc2cc3c4cccnc4n(-c4[c-]c(Oc5[c-]c6c(cc5)c5ccccc5n5ccnc65)ccc4)c3cc21.[Pt+2]. The Labute approximate surface area is 296 Å². The Hall–Kier alpha value is -4.68. The van der Waals surface area contributed by atoms with E-state index in [0.717, 1.165) is 49.6 Å². The number of para-hydroxylation sites is 1. The van der Waals surface area contributed by atoms with Crippen LogP contribution in [-0.2, 0) is 21.1 Å². The van der Waals surface area contributed by atoms with Crippen molar-refractivity contribution >= 4 is 79.5 Å². The van der Waals surface area contributed by atoms with Crippen LogP contribution in [0.4, 0.5) is 0 Å². The number of ether oxygens (including phenoxy) is 1. The maximum Gasteiger partial charge on any atom is 2.00 e. The van der Waals surface area contributed by atoms with Crippen molar-refractivity contribution in [3.05, 3.63) is 134 Å². The quantitative estimate of drug-likeness (QED) is 0.102. The molecule has 1 aliphatic rings. The van der Waals surface area contributed by atoms with Crippen LogP contribution in [0.25, 0.3) is 54.9 Å². The third-order valence-corrected chi connectivity index (χ3v) is 14.6. The van der Waals surface area contributed by atoms with E-state index in [9.17, 15) is 0 Å². The molecule has 0 fully saturated rings. The summed E-state index contributed by atoms with van der Waals surface area (Å²) < 4.78 is 10.8. The zero-order chi connectivity index (χ0) is 31.3. The molecule has 232 valence electrons. The Morgan fingerprint density at radius 3 is 2.40 bits per heavy atom. The number of imidazole rings is 1. The van der Waals surface area contributed by atoms with Crippen LogP contribution in [0.3, 0.4) is 0 Å². The van der Waals surface area contributed by atoms with E-state index in [2.05, 4.69) is 118 Å². The molecule has 0 atom stereocenters. The summed E-state index contributed by atoms with van der Waals surface area (Å²) in [4.78, 5) is 12.3. The first-order chi connectivity index (χ1) is 23.0. The van der Waals surface area contributed by atoms with Gasteiger partial charge in [-0.2, -0.15) is 6.07 Å². The minimum atomic E-state index is -1.94. The van der Waals surface area contributed by atoms with Crippen LogP contribution < -0.4 is 15.1 Å². The van der Waals surface area contributed by atoms with Gasteiger partial charge in [-0.3, -0.25) is 4.98 Å². The molecule has 0 spiro atoms. The van der Waals surface area contributed by atoms with Crippen molar-refractivity contribution < 1.29 is 25.8 Å². The summed E-state index contributed by atoms with van der Waals surface area (Å²) >= 11 is 1.89. The third-order valence-electron chi connectivity index (χ3n) is 9.53. The van der Waals surface area contributed by atoms with E-state index in [0.29, 0.717) is 11.5 Å². The van der Waals surface area contributed by atoms with Crippen molar-refractivity contribution in [3.63, 3.8) is 0 Å². The minimum absolute atomic E-state index is 0. The molecule has 0 aliphatic carbocycles. The molecule has 5 nitrogen and oxygen atoms in total. The normalized spacial score (nSPS) is 13.5. The second-order valence-corrected chi connectivity index (χ2v) is 18.0. The van der Waals surface area contributed by atoms with E-state index in [1.54, 1.807) is 0 Å². The van der Waals surface area contributed by atoms with Crippen molar-refractivity contribution in [2.24, 2.45) is 0 Å². The minimum Gasteiger partial charge on any atom is -0.503 e. The van der Waals surface area contributed by atoms with Crippen LogP contribution in [-0.4, -0.2) is 27.0 Å². The molecule has 0 N–H and O–H groups in total. The number of benzene rings is 5. The molecular weight excluding hydrogens is 808 g/mol. The van der Waals surface area contributed by atoms with Crippen LogP contribution in [0.15, 0.2) is 132 Å². The summed E-state index contributed by atoms with van der Waals surface area (Å²) in [6.45, 7) is 4.92. The monoisotopic (exact) mass is 833 g/mol. The number of hydrogen-bond donors (Lipinski definition) is 0. The molecular formula is C40H26N4OPtSSi. The van der Waals surface area contributed by atoms with E-state index in [4.69, 9.17) is 9.72 Å². The predicted octanol–water partition coefficient (Wildman–Crippen LogP) is 8.81. The van der Waals surface area contributed by atoms with Gasteiger partial charge in [-0.25, -0.2) is 4.98 Å². The molecule has 1 aliphatic heterocycles. The second kappa shape index (κ2) is 10.9. The molecule has 5 aromatic carbocycles. The Morgan fingerprint density at radius 1 is 0.646 bits per heavy atom. The Balaban J connectivity index is 0.00000314. The van der Waals surface area contributed by atoms with Crippen molar-refractivity contribution in [1.82, 2.24) is 18.9 Å². The van der Waals surface area contributed by atoms with Crippen molar-refractivity contribution in [2.75, 3.05) is 0 Å². The smallest absolute Gasteiger partial charge is 0.503 e. The summed E-state index contributed by atoms with van der Waals surface area (Å²) in [5.41, 5.74) is 4.90. The van der Waals surface area contributed by atoms with E-state index in [-0.39, 0.29) is 21.1 Å². The molecule has 48 heavy (non-hydrogen) atoms. The molecule has 10 rings (SSSR count). The van der Waals surface area contributed by atoms with E-state index < -0.39 is 8.07 Å². The number of fused-ring (bicyclic) bond motifs is 11. The molecule has 8 heteroatoms. The molecule has 0 bridgehead atoms. The van der Waals surface area contributed by atoms with Gasteiger partial charge in [-0.15, -0.1) is 30.3 Å². The number of rotatable bonds is 3. The van der Waals surface area contributed by atoms with Crippen LogP contribution in [0.5, 0.6) is 11.5 Å². The average molecular weight is 834 g/mol. The van der Waals surface area contributed by atoms with E-state index >= 15 is 0 Å². The maximum absolute atomic E-state index is 6.47. The van der Waals surface area contributed by atoms with Gasteiger partial charge in [0, 0.05) is 56.2 Å². The van der Waals surface area contributed by atoms with Crippen LogP contribution in [0.2, 0.25) is 13.1 Å². The first kappa shape index (κ1) is 29.5. The second-order valence-electron chi connectivity index (χ2n) is 12.6. The first-order valence-electron chi connectivity index (χ1n) is 15.7. The van der Waals surface area contributed by atoms with Gasteiger partial charge in [-0.05, 0) is 52.2 Å². The number of hydrogen-bond acceptors (Lipinski definition) is 4. The topological polar surface area (TPSA) is 44.4 Å². The third kappa shape index (κ3) is 4.28. The predicted molar refractivity (Wildman–Crippen MR) is 194 cm³/mol. The number of aromatic nitrogens is 4. The fraction of sp³-hybridized carbons (Fsp3) is 0.0500. The largest absolute Gasteiger partial charge is 2.00 e. The Kier molecular flexibility index (Phi) is 6.70. The number of pyridine rings is 2. The van der Waals surface area contributed by atoms with E-state index in [1.807, 2.05) is 54.6 Å². The van der Waals surface area contributed by atoms with Gasteiger partial charge in [0.05, 0.1) is 11.2 Å². The maximum atomic E-state index is 6.47. The summed E-state index contributed by atoms with van der Waals surface area (Å²) in [7, 11) is -1.94. The zero-order valence-electron chi connectivity index (χ0n) is 26.0. The molecule has 0 saturated heterocycles. The Morgan fingerprint density at radius 2 is 1.46 bits per heavy atom. The summed E-state index contributed by atoms with van der Waals surface area (Å²) in [5.74, 6) is 1.23. The van der Waals surface area contributed by atoms with Crippen LogP contribution in [0.1, 0.15) is 0 Å². The van der Waals surface area contributed by atoms with Gasteiger partial charge in [0.2, 0.25) is 0 Å². The molecule has 0 radical (unpaired) electrons. The fourth-order valence-corrected chi connectivity index (χ4v) is 12.7. The molecule has 5 heterocycles. The molecule has 0 saturated carbocycles. The van der Waals surface area contributed by atoms with Gasteiger partial charge < -0.3 is 13.7 Å². The first-order valence-corrected chi connectivity index (χ1v) is 19.5. The van der Waals surface area contributed by atoms with Gasteiger partial charge in [0.15, 0.2) is 0 Å². The van der Waals surface area contributed by atoms with Crippen molar-refractivity contribution in [3.8, 4) is 17.2 Å². The van der Waals surface area contributed by atoms with Crippen LogP contribution >= 0.6 is 11.8 Å². The Bertz CT molecular complexity index is 2750. The van der Waals surface area contributed by atoms with E-state index in [1.165, 1.54) is 25.6 Å². The summed E-state index contributed by atoms with van der Waals surface area (Å²) in [5, 5.41) is 8.44. The zero-order valence-corrected chi connectivity index (χ0v) is 30.1. The van der Waals surface area contributed by atoms with Gasteiger partial charge >= 0.3 is 21.1 Å². The molecule has 0 unspecified atom stereocenters. The van der Waals surface area contributed by atoms with Crippen LogP contribution in [0, 0.1) is 12.1 Å². The standard InChI is InChI=1S/C40H26N4OSSi.Pt/c1-47(2)37-15-6-5-14-35(37)46-36-23-31-30-12-8-18-41-40(30)44(34(31)24-38(36)47)25-9-7-10-26(21-25)45-27-16-17-28-29-11-3-4-13-33(29)43-20-19-42-39(43)32(28)22-27;/h3-20,23-24H,1-2H3;/q-2;+2. The van der Waals surface area contributed by atoms with Gasteiger partial charge in [-0.1, -0.05) is 83.8 Å². The van der Waals surface area contributed by atoms with Crippen molar-refractivity contribution in [2.45, 2.75) is 22.9 Å². The fourth-order valence-electron chi connectivity index (χ4n) is 7.29.